The van der Waals surface area contributed by atoms with Gasteiger partial charge < -0.3 is 4.74 Å². The fourth-order valence-electron chi connectivity index (χ4n) is 3.46. The molecule has 0 atom stereocenters. The van der Waals surface area contributed by atoms with Crippen LogP contribution in [0.2, 0.25) is 19.6 Å². The van der Waals surface area contributed by atoms with Gasteiger partial charge in [0.1, 0.15) is 11.6 Å². The Hall–Kier alpha value is -2.66. The van der Waals surface area contributed by atoms with E-state index in [0.717, 1.165) is 39.3 Å². The van der Waals surface area contributed by atoms with Crippen molar-refractivity contribution in [2.45, 2.75) is 19.6 Å². The van der Waals surface area contributed by atoms with Crippen LogP contribution in [-0.4, -0.2) is 26.9 Å². The van der Waals surface area contributed by atoms with E-state index in [1.165, 1.54) is 0 Å². The van der Waals surface area contributed by atoms with Gasteiger partial charge in [-0.1, -0.05) is 37.8 Å². The number of benzene rings is 2. The highest BCUT2D eigenvalue weighted by Crippen LogP contribution is 2.45. The minimum Gasteiger partial charge on any atom is -0.497 e. The van der Waals surface area contributed by atoms with Gasteiger partial charge in [-0.25, -0.2) is 4.99 Å². The first-order valence-corrected chi connectivity index (χ1v) is 11.8. The molecule has 0 aliphatic carbocycles. The Kier molecular flexibility index (Phi) is 3.44. The molecule has 2 aromatic carbocycles. The normalized spacial score (nSPS) is 16.1. The van der Waals surface area contributed by atoms with Crippen LogP contribution in [0, 0.1) is 0 Å². The summed E-state index contributed by atoms with van der Waals surface area (Å²) >= 11 is 0. The highest BCUT2D eigenvalue weighted by atomic mass is 28.3. The van der Waals surface area contributed by atoms with E-state index in [0.29, 0.717) is 0 Å². The fourth-order valence-corrected chi connectivity index (χ4v) is 5.21. The predicted octanol–water partition coefficient (Wildman–Crippen LogP) is 4.42. The summed E-state index contributed by atoms with van der Waals surface area (Å²) in [6.07, 6.45) is 0. The first-order valence-electron chi connectivity index (χ1n) is 8.33. The van der Waals surface area contributed by atoms with Gasteiger partial charge in [-0.2, -0.15) is 0 Å². The Morgan fingerprint density at radius 1 is 1.00 bits per heavy atom. The molecule has 4 rings (SSSR count). The van der Waals surface area contributed by atoms with Crippen LogP contribution in [0.15, 0.2) is 58.7 Å². The summed E-state index contributed by atoms with van der Waals surface area (Å²) in [4.78, 5) is 19.9. The number of para-hydroxylation sites is 1. The van der Waals surface area contributed by atoms with Crippen molar-refractivity contribution in [1.29, 1.82) is 0 Å². The lowest BCUT2D eigenvalue weighted by molar-refractivity contribution is -0.113. The van der Waals surface area contributed by atoms with E-state index in [1.54, 1.807) is 12.0 Å². The van der Waals surface area contributed by atoms with E-state index in [1.807, 2.05) is 42.5 Å². The monoisotopic (exact) mass is 348 g/mol. The van der Waals surface area contributed by atoms with Crippen molar-refractivity contribution in [3.63, 3.8) is 0 Å². The van der Waals surface area contributed by atoms with Crippen molar-refractivity contribution < 1.29 is 9.53 Å². The molecule has 0 saturated carbocycles. The van der Waals surface area contributed by atoms with Gasteiger partial charge in [-0.15, -0.1) is 0 Å². The summed E-state index contributed by atoms with van der Waals surface area (Å²) in [5.41, 5.74) is 3.85. The van der Waals surface area contributed by atoms with Crippen molar-refractivity contribution in [2.75, 3.05) is 12.0 Å². The zero-order valence-corrected chi connectivity index (χ0v) is 15.8. The summed E-state index contributed by atoms with van der Waals surface area (Å²) in [5, 5.41) is 0.951. The minimum absolute atomic E-state index is 0.0626. The number of hydrogen-bond donors (Lipinski definition) is 0. The minimum atomic E-state index is -1.85. The smallest absolute Gasteiger partial charge is 0.256 e. The number of aliphatic imine (C=N–C) groups is 1. The van der Waals surface area contributed by atoms with Crippen molar-refractivity contribution in [2.24, 2.45) is 4.99 Å². The number of carbonyl (C=O) groups excluding carboxylic acids is 1. The van der Waals surface area contributed by atoms with Crippen LogP contribution < -0.4 is 9.64 Å². The first-order chi connectivity index (χ1) is 11.9. The lowest BCUT2D eigenvalue weighted by atomic mass is 10.1. The van der Waals surface area contributed by atoms with E-state index in [-0.39, 0.29) is 5.91 Å². The zero-order valence-electron chi connectivity index (χ0n) is 14.8. The zero-order chi connectivity index (χ0) is 17.8. The number of rotatable bonds is 3. The predicted molar refractivity (Wildman–Crippen MR) is 104 cm³/mol. The number of nitrogens with zero attached hydrogens (tertiary/aromatic N) is 2. The van der Waals surface area contributed by atoms with Gasteiger partial charge in [0.25, 0.3) is 5.91 Å². The Balaban J connectivity index is 1.90. The topological polar surface area (TPSA) is 41.9 Å². The third-order valence-electron chi connectivity index (χ3n) is 4.58. The number of hydrogen-bond acceptors (Lipinski definition) is 3. The molecule has 0 unspecified atom stereocenters. The van der Waals surface area contributed by atoms with E-state index in [4.69, 9.17) is 9.73 Å². The molecule has 0 saturated heterocycles. The molecule has 0 aromatic heterocycles. The summed E-state index contributed by atoms with van der Waals surface area (Å²) in [5.74, 6) is 1.59. The average Bonchev–Trinajstić information content (AvgIpc) is 3.07. The molecular weight excluding hydrogens is 328 g/mol. The number of carbonyl (C=O) groups is 1. The van der Waals surface area contributed by atoms with Crippen LogP contribution in [-0.2, 0) is 4.79 Å². The second kappa shape index (κ2) is 5.42. The summed E-state index contributed by atoms with van der Waals surface area (Å²) in [6.45, 7) is 6.63. The third kappa shape index (κ3) is 2.34. The van der Waals surface area contributed by atoms with Gasteiger partial charge in [-0.05, 0) is 30.3 Å². The lowest BCUT2D eigenvalue weighted by Gasteiger charge is -2.21. The fraction of sp³-hybridized carbons (Fsp3) is 0.200. The van der Waals surface area contributed by atoms with Crippen molar-refractivity contribution in [3.05, 3.63) is 59.3 Å². The molecule has 1 amide bonds. The SMILES string of the molecule is COc1ccc(N2C(=O)C([Si](C)(C)C)=C3C2=Nc2ccccc23)cc1. The van der Waals surface area contributed by atoms with Gasteiger partial charge in [0.05, 0.1) is 26.6 Å². The molecule has 0 spiro atoms. The van der Waals surface area contributed by atoms with Gasteiger partial charge in [-0.3, -0.25) is 9.69 Å². The molecule has 0 N–H and O–H groups in total. The maximum absolute atomic E-state index is 13.3. The quantitative estimate of drug-likeness (QED) is 0.771. The highest BCUT2D eigenvalue weighted by Gasteiger charge is 2.45. The molecule has 2 aromatic rings. The van der Waals surface area contributed by atoms with Crippen LogP contribution in [0.25, 0.3) is 5.57 Å². The molecule has 5 heteroatoms. The summed E-state index contributed by atoms with van der Waals surface area (Å²) in [7, 11) is -0.216. The molecule has 4 nitrogen and oxygen atoms in total. The maximum Gasteiger partial charge on any atom is 0.256 e. The lowest BCUT2D eigenvalue weighted by Crippen LogP contribution is -2.36. The molecule has 0 bridgehead atoms. The molecule has 2 aliphatic heterocycles. The Morgan fingerprint density at radius 3 is 2.32 bits per heavy atom. The molecular formula is C20H20N2O2Si. The standard InChI is InChI=1S/C20H20N2O2Si/c1-24-14-11-9-13(10-12-14)22-19-17(18(20(22)23)25(2,3)4)15-7-5-6-8-16(15)21-19/h5-12H,1-4H3. The van der Waals surface area contributed by atoms with Gasteiger partial charge >= 0.3 is 0 Å². The number of ether oxygens (including phenoxy) is 1. The first kappa shape index (κ1) is 15.8. The van der Waals surface area contributed by atoms with E-state index >= 15 is 0 Å². The third-order valence-corrected chi connectivity index (χ3v) is 6.55. The van der Waals surface area contributed by atoms with E-state index in [9.17, 15) is 4.79 Å². The summed E-state index contributed by atoms with van der Waals surface area (Å²) < 4.78 is 5.23. The van der Waals surface area contributed by atoms with E-state index < -0.39 is 8.07 Å². The van der Waals surface area contributed by atoms with Crippen LogP contribution in [0.1, 0.15) is 5.56 Å². The van der Waals surface area contributed by atoms with E-state index in [2.05, 4.69) is 25.7 Å². The van der Waals surface area contributed by atoms with Crippen molar-refractivity contribution in [3.8, 4) is 5.75 Å². The number of methoxy groups -OCH3 is 1. The Morgan fingerprint density at radius 2 is 1.68 bits per heavy atom. The van der Waals surface area contributed by atoms with Gasteiger partial charge in [0.15, 0.2) is 0 Å². The maximum atomic E-state index is 13.3. The molecule has 25 heavy (non-hydrogen) atoms. The molecule has 126 valence electrons. The molecule has 2 heterocycles. The van der Waals surface area contributed by atoms with Gasteiger partial charge in [0.2, 0.25) is 0 Å². The largest absolute Gasteiger partial charge is 0.497 e. The number of fused-ring (bicyclic) bond motifs is 3. The van der Waals surface area contributed by atoms with Crippen LogP contribution >= 0.6 is 0 Å². The van der Waals surface area contributed by atoms with Crippen molar-refractivity contribution in [1.82, 2.24) is 0 Å². The number of anilines is 1. The van der Waals surface area contributed by atoms with Crippen molar-refractivity contribution >= 4 is 36.8 Å². The second-order valence-electron chi connectivity index (χ2n) is 7.29. The highest BCUT2D eigenvalue weighted by molar-refractivity contribution is 6.91. The van der Waals surface area contributed by atoms with Crippen LogP contribution in [0.4, 0.5) is 11.4 Å². The molecule has 0 fully saturated rings. The van der Waals surface area contributed by atoms with Crippen LogP contribution in [0.3, 0.4) is 0 Å². The average molecular weight is 348 g/mol. The molecule has 2 aliphatic rings. The Bertz CT molecular complexity index is 937. The van der Waals surface area contributed by atoms with Gasteiger partial charge in [0, 0.05) is 16.3 Å². The molecule has 0 radical (unpaired) electrons. The summed E-state index contributed by atoms with van der Waals surface area (Å²) in [6, 6.07) is 15.6. The number of amidine groups is 1. The number of amides is 1. The Labute approximate surface area is 148 Å². The van der Waals surface area contributed by atoms with Crippen LogP contribution in [0.5, 0.6) is 5.75 Å². The second-order valence-corrected chi connectivity index (χ2v) is 12.3.